The summed E-state index contributed by atoms with van der Waals surface area (Å²) in [6.07, 6.45) is 0. The predicted molar refractivity (Wildman–Crippen MR) is 78.0 cm³/mol. The van der Waals surface area contributed by atoms with Gasteiger partial charge in [0.15, 0.2) is 0 Å². The summed E-state index contributed by atoms with van der Waals surface area (Å²) in [5.74, 6) is 1.72. The number of benzene rings is 2. The van der Waals surface area contributed by atoms with E-state index in [0.717, 1.165) is 26.9 Å². The number of para-hydroxylation sites is 1. The molecule has 17 heavy (non-hydrogen) atoms. The summed E-state index contributed by atoms with van der Waals surface area (Å²) in [7, 11) is 0. The maximum Gasteiger partial charge on any atom is 0.141 e. The van der Waals surface area contributed by atoms with Crippen molar-refractivity contribution in [2.24, 2.45) is 0 Å². The standard InChI is InChI=1S/C14H12Br2O/c1-10-6-7-14(12(16)8-10)17-13-5-3-2-4-11(13)9-15/h2-8H,9H2,1H3. The second-order valence-electron chi connectivity index (χ2n) is 3.78. The van der Waals surface area contributed by atoms with Gasteiger partial charge in [-0.05, 0) is 46.6 Å². The normalized spacial score (nSPS) is 10.3. The Labute approximate surface area is 118 Å². The summed E-state index contributed by atoms with van der Waals surface area (Å²) in [4.78, 5) is 0. The van der Waals surface area contributed by atoms with Crippen molar-refractivity contribution >= 4 is 31.9 Å². The Balaban J connectivity index is 2.31. The zero-order valence-electron chi connectivity index (χ0n) is 9.41. The number of hydrogen-bond acceptors (Lipinski definition) is 1. The van der Waals surface area contributed by atoms with Gasteiger partial charge in [0, 0.05) is 10.9 Å². The summed E-state index contributed by atoms with van der Waals surface area (Å²) in [6, 6.07) is 14.1. The first-order valence-corrected chi connectivity index (χ1v) is 7.20. The molecule has 0 amide bonds. The van der Waals surface area contributed by atoms with E-state index in [1.165, 1.54) is 5.56 Å². The molecule has 0 aliphatic rings. The average Bonchev–Trinajstić information content (AvgIpc) is 2.33. The lowest BCUT2D eigenvalue weighted by atomic mass is 10.2. The van der Waals surface area contributed by atoms with Gasteiger partial charge in [0.2, 0.25) is 0 Å². The minimum absolute atomic E-state index is 0.784. The fourth-order valence-corrected chi connectivity index (χ4v) is 2.56. The van der Waals surface area contributed by atoms with Crippen LogP contribution in [0.15, 0.2) is 46.9 Å². The second-order valence-corrected chi connectivity index (χ2v) is 5.19. The van der Waals surface area contributed by atoms with Gasteiger partial charge in [-0.1, -0.05) is 40.2 Å². The number of aryl methyl sites for hydroxylation is 1. The van der Waals surface area contributed by atoms with E-state index in [4.69, 9.17) is 4.74 Å². The molecule has 0 N–H and O–H groups in total. The van der Waals surface area contributed by atoms with Crippen LogP contribution in [0.4, 0.5) is 0 Å². The van der Waals surface area contributed by atoms with Crippen LogP contribution < -0.4 is 4.74 Å². The number of ether oxygens (including phenoxy) is 1. The third-order valence-corrected chi connectivity index (χ3v) is 3.65. The fraction of sp³-hybridized carbons (Fsp3) is 0.143. The van der Waals surface area contributed by atoms with Crippen LogP contribution in [0.5, 0.6) is 11.5 Å². The Morgan fingerprint density at radius 1 is 1.06 bits per heavy atom. The van der Waals surface area contributed by atoms with Crippen molar-refractivity contribution < 1.29 is 4.74 Å². The molecule has 2 rings (SSSR count). The first kappa shape index (κ1) is 12.7. The summed E-state index contributed by atoms with van der Waals surface area (Å²) in [5.41, 5.74) is 2.35. The van der Waals surface area contributed by atoms with Crippen molar-refractivity contribution in [3.63, 3.8) is 0 Å². The molecule has 0 saturated heterocycles. The van der Waals surface area contributed by atoms with Gasteiger partial charge < -0.3 is 4.74 Å². The fourth-order valence-electron chi connectivity index (χ4n) is 1.52. The maximum absolute atomic E-state index is 5.91. The first-order valence-electron chi connectivity index (χ1n) is 5.28. The minimum atomic E-state index is 0.784. The van der Waals surface area contributed by atoms with Crippen molar-refractivity contribution in [2.75, 3.05) is 0 Å². The van der Waals surface area contributed by atoms with E-state index in [-0.39, 0.29) is 0 Å². The van der Waals surface area contributed by atoms with Gasteiger partial charge in [0.05, 0.1) is 4.47 Å². The lowest BCUT2D eigenvalue weighted by Crippen LogP contribution is -1.90. The number of halogens is 2. The van der Waals surface area contributed by atoms with Crippen LogP contribution >= 0.6 is 31.9 Å². The predicted octanol–water partition coefficient (Wildman–Crippen LogP) is 5.44. The molecule has 2 aromatic rings. The molecule has 0 saturated carbocycles. The Hall–Kier alpha value is -0.800. The van der Waals surface area contributed by atoms with Crippen molar-refractivity contribution in [2.45, 2.75) is 12.3 Å². The maximum atomic E-state index is 5.91. The molecule has 3 heteroatoms. The number of rotatable bonds is 3. The molecule has 0 aromatic heterocycles. The van der Waals surface area contributed by atoms with E-state index < -0.39 is 0 Å². The van der Waals surface area contributed by atoms with Gasteiger partial charge in [-0.25, -0.2) is 0 Å². The molecule has 0 atom stereocenters. The molecule has 88 valence electrons. The molecule has 0 aliphatic heterocycles. The lowest BCUT2D eigenvalue weighted by Gasteiger charge is -2.11. The van der Waals surface area contributed by atoms with Crippen molar-refractivity contribution in [1.29, 1.82) is 0 Å². The summed E-state index contributed by atoms with van der Waals surface area (Å²) >= 11 is 6.97. The van der Waals surface area contributed by atoms with Crippen LogP contribution in [0.3, 0.4) is 0 Å². The van der Waals surface area contributed by atoms with Crippen LogP contribution in [0.1, 0.15) is 11.1 Å². The zero-order chi connectivity index (χ0) is 12.3. The van der Waals surface area contributed by atoms with Crippen LogP contribution in [0, 0.1) is 6.92 Å². The molecule has 2 aromatic carbocycles. The van der Waals surface area contributed by atoms with Gasteiger partial charge in [-0.3, -0.25) is 0 Å². The van der Waals surface area contributed by atoms with Crippen molar-refractivity contribution in [3.05, 3.63) is 58.1 Å². The van der Waals surface area contributed by atoms with Gasteiger partial charge >= 0.3 is 0 Å². The van der Waals surface area contributed by atoms with E-state index >= 15 is 0 Å². The number of hydrogen-bond donors (Lipinski definition) is 0. The van der Waals surface area contributed by atoms with E-state index in [1.54, 1.807) is 0 Å². The number of alkyl halides is 1. The highest BCUT2D eigenvalue weighted by Crippen LogP contribution is 2.32. The zero-order valence-corrected chi connectivity index (χ0v) is 12.6. The van der Waals surface area contributed by atoms with Gasteiger partial charge in [0.25, 0.3) is 0 Å². The Bertz CT molecular complexity index is 523. The van der Waals surface area contributed by atoms with Crippen LogP contribution in [-0.4, -0.2) is 0 Å². The molecule has 0 radical (unpaired) electrons. The monoisotopic (exact) mass is 354 g/mol. The molecule has 0 aliphatic carbocycles. The molecular formula is C14H12Br2O. The molecule has 0 fully saturated rings. The minimum Gasteiger partial charge on any atom is -0.456 e. The summed E-state index contributed by atoms with van der Waals surface area (Å²) in [5, 5.41) is 0.784. The van der Waals surface area contributed by atoms with Gasteiger partial charge in [-0.2, -0.15) is 0 Å². The smallest absolute Gasteiger partial charge is 0.141 e. The molecule has 0 unspecified atom stereocenters. The van der Waals surface area contributed by atoms with E-state index in [2.05, 4.69) is 38.8 Å². The molecule has 0 heterocycles. The average molecular weight is 356 g/mol. The van der Waals surface area contributed by atoms with Crippen molar-refractivity contribution in [3.8, 4) is 11.5 Å². The van der Waals surface area contributed by atoms with Crippen LogP contribution in [-0.2, 0) is 5.33 Å². The van der Waals surface area contributed by atoms with Crippen LogP contribution in [0.25, 0.3) is 0 Å². The topological polar surface area (TPSA) is 9.23 Å². The van der Waals surface area contributed by atoms with Gasteiger partial charge in [0.1, 0.15) is 11.5 Å². The van der Waals surface area contributed by atoms with E-state index in [1.807, 2.05) is 42.5 Å². The lowest BCUT2D eigenvalue weighted by molar-refractivity contribution is 0.475. The van der Waals surface area contributed by atoms with Gasteiger partial charge in [-0.15, -0.1) is 0 Å². The highest BCUT2D eigenvalue weighted by atomic mass is 79.9. The summed E-state index contributed by atoms with van der Waals surface area (Å²) < 4.78 is 6.88. The van der Waals surface area contributed by atoms with Crippen LogP contribution in [0.2, 0.25) is 0 Å². The Kier molecular flexibility index (Phi) is 4.24. The highest BCUT2D eigenvalue weighted by Gasteiger charge is 2.06. The quantitative estimate of drug-likeness (QED) is 0.665. The largest absolute Gasteiger partial charge is 0.456 e. The Morgan fingerprint density at radius 3 is 2.53 bits per heavy atom. The van der Waals surface area contributed by atoms with E-state index in [0.29, 0.717) is 0 Å². The summed E-state index contributed by atoms with van der Waals surface area (Å²) in [6.45, 7) is 2.06. The molecule has 0 spiro atoms. The molecular weight excluding hydrogens is 344 g/mol. The van der Waals surface area contributed by atoms with E-state index in [9.17, 15) is 0 Å². The third kappa shape index (κ3) is 3.11. The Morgan fingerprint density at radius 2 is 1.82 bits per heavy atom. The highest BCUT2D eigenvalue weighted by molar-refractivity contribution is 9.10. The van der Waals surface area contributed by atoms with Crippen molar-refractivity contribution in [1.82, 2.24) is 0 Å². The first-order chi connectivity index (χ1) is 8.20. The third-order valence-electron chi connectivity index (χ3n) is 2.42. The second kappa shape index (κ2) is 5.69. The molecule has 1 nitrogen and oxygen atoms in total. The SMILES string of the molecule is Cc1ccc(Oc2ccccc2CBr)c(Br)c1. The molecule has 0 bridgehead atoms.